The minimum Gasteiger partial charge on any atom is -0.496 e. The SMILES string of the molecule is COc1ccc(/C=C(\C#N)C(=O)c2c(C)[nH]c3ccccc23)cc1Br. The number of hydrogen-bond acceptors (Lipinski definition) is 3. The van der Waals surface area contributed by atoms with Gasteiger partial charge in [0.2, 0.25) is 5.78 Å². The standard InChI is InChI=1S/C20H15BrN2O2/c1-12-19(15-5-3-4-6-17(15)23-12)20(24)14(11-22)9-13-7-8-18(25-2)16(21)10-13/h3-10,23H,1-2H3/b14-9+. The van der Waals surface area contributed by atoms with Crippen molar-refractivity contribution in [2.75, 3.05) is 7.11 Å². The first-order valence-electron chi connectivity index (χ1n) is 7.62. The maximum atomic E-state index is 12.9. The van der Waals surface area contributed by atoms with Crippen LogP contribution in [0.15, 0.2) is 52.5 Å². The number of hydrogen-bond donors (Lipinski definition) is 1. The van der Waals surface area contributed by atoms with Crippen molar-refractivity contribution in [3.05, 3.63) is 69.3 Å². The molecule has 5 heteroatoms. The second kappa shape index (κ2) is 6.96. The van der Waals surface area contributed by atoms with Crippen LogP contribution < -0.4 is 4.74 Å². The van der Waals surface area contributed by atoms with Gasteiger partial charge in [0.05, 0.1) is 17.1 Å². The molecule has 25 heavy (non-hydrogen) atoms. The largest absolute Gasteiger partial charge is 0.496 e. The Labute approximate surface area is 153 Å². The summed E-state index contributed by atoms with van der Waals surface area (Å²) in [6.45, 7) is 1.84. The lowest BCUT2D eigenvalue weighted by molar-refractivity contribution is 0.104. The topological polar surface area (TPSA) is 65.9 Å². The molecule has 0 saturated heterocycles. The number of methoxy groups -OCH3 is 1. The van der Waals surface area contributed by atoms with E-state index in [0.29, 0.717) is 11.3 Å². The first-order valence-corrected chi connectivity index (χ1v) is 8.41. The summed E-state index contributed by atoms with van der Waals surface area (Å²) in [7, 11) is 1.58. The quantitative estimate of drug-likeness (QED) is 0.383. The molecule has 0 aliphatic rings. The number of nitriles is 1. The minimum atomic E-state index is -0.288. The molecule has 0 spiro atoms. The molecule has 0 radical (unpaired) electrons. The molecule has 0 fully saturated rings. The summed E-state index contributed by atoms with van der Waals surface area (Å²) in [5.41, 5.74) is 3.01. The summed E-state index contributed by atoms with van der Waals surface area (Å²) < 4.78 is 5.96. The number of ether oxygens (including phenoxy) is 1. The Morgan fingerprint density at radius 2 is 2.04 bits per heavy atom. The van der Waals surface area contributed by atoms with Gasteiger partial charge in [-0.25, -0.2) is 0 Å². The number of Topliss-reactive ketones (excluding diaryl/α,β-unsaturated/α-hetero) is 1. The molecule has 0 unspecified atom stereocenters. The van der Waals surface area contributed by atoms with Crippen LogP contribution in [0.3, 0.4) is 0 Å². The molecule has 4 nitrogen and oxygen atoms in total. The number of ketones is 1. The van der Waals surface area contributed by atoms with Crippen molar-refractivity contribution in [1.82, 2.24) is 4.98 Å². The lowest BCUT2D eigenvalue weighted by Gasteiger charge is -2.04. The highest BCUT2D eigenvalue weighted by Crippen LogP contribution is 2.28. The van der Waals surface area contributed by atoms with Crippen LogP contribution in [0.4, 0.5) is 0 Å². The van der Waals surface area contributed by atoms with Gasteiger partial charge in [-0.2, -0.15) is 5.26 Å². The number of rotatable bonds is 4. The molecule has 124 valence electrons. The Balaban J connectivity index is 2.06. The van der Waals surface area contributed by atoms with E-state index in [1.807, 2.05) is 43.3 Å². The number of halogens is 1. The zero-order valence-corrected chi connectivity index (χ0v) is 15.3. The Hall–Kier alpha value is -2.84. The monoisotopic (exact) mass is 394 g/mol. The highest BCUT2D eigenvalue weighted by Gasteiger charge is 2.19. The van der Waals surface area contributed by atoms with Gasteiger partial charge in [0.15, 0.2) is 0 Å². The zero-order chi connectivity index (χ0) is 18.0. The highest BCUT2D eigenvalue weighted by atomic mass is 79.9. The summed E-state index contributed by atoms with van der Waals surface area (Å²) in [5.74, 6) is 0.402. The summed E-state index contributed by atoms with van der Waals surface area (Å²) in [6.07, 6.45) is 1.59. The van der Waals surface area contributed by atoms with Crippen molar-refractivity contribution in [3.63, 3.8) is 0 Å². The predicted molar refractivity (Wildman–Crippen MR) is 102 cm³/mol. The third kappa shape index (κ3) is 3.21. The number of nitrogens with zero attached hydrogens (tertiary/aromatic N) is 1. The van der Waals surface area contributed by atoms with Crippen LogP contribution in [0.5, 0.6) is 5.75 Å². The number of aromatic amines is 1. The molecule has 0 amide bonds. The molecule has 0 atom stereocenters. The van der Waals surface area contributed by atoms with E-state index in [9.17, 15) is 10.1 Å². The van der Waals surface area contributed by atoms with Gasteiger partial charge < -0.3 is 9.72 Å². The van der Waals surface area contributed by atoms with Crippen molar-refractivity contribution in [3.8, 4) is 11.8 Å². The molecule has 0 saturated carbocycles. The number of para-hydroxylation sites is 1. The number of carbonyl (C=O) groups is 1. The zero-order valence-electron chi connectivity index (χ0n) is 13.8. The lowest BCUT2D eigenvalue weighted by atomic mass is 9.99. The van der Waals surface area contributed by atoms with E-state index in [-0.39, 0.29) is 11.4 Å². The number of benzene rings is 2. The van der Waals surface area contributed by atoms with E-state index in [2.05, 4.69) is 20.9 Å². The maximum absolute atomic E-state index is 12.9. The van der Waals surface area contributed by atoms with Crippen LogP contribution >= 0.6 is 15.9 Å². The van der Waals surface area contributed by atoms with Crippen molar-refractivity contribution in [2.24, 2.45) is 0 Å². The van der Waals surface area contributed by atoms with Gasteiger partial charge in [-0.05, 0) is 52.7 Å². The number of aryl methyl sites for hydroxylation is 1. The molecular weight excluding hydrogens is 380 g/mol. The highest BCUT2D eigenvalue weighted by molar-refractivity contribution is 9.10. The number of allylic oxidation sites excluding steroid dienone is 1. The molecule has 2 aromatic carbocycles. The summed E-state index contributed by atoms with van der Waals surface area (Å²) >= 11 is 3.41. The molecule has 0 bridgehead atoms. The molecule has 1 N–H and O–H groups in total. The van der Waals surface area contributed by atoms with Gasteiger partial charge in [0.1, 0.15) is 17.4 Å². The smallest absolute Gasteiger partial charge is 0.205 e. The molecule has 3 aromatic rings. The number of nitrogens with one attached hydrogen (secondary N) is 1. The van der Waals surface area contributed by atoms with E-state index in [1.54, 1.807) is 25.3 Å². The molecule has 1 heterocycles. The minimum absolute atomic E-state index is 0.0879. The number of fused-ring (bicyclic) bond motifs is 1. The first-order chi connectivity index (χ1) is 12.0. The molecule has 0 aliphatic carbocycles. The fraction of sp³-hybridized carbons (Fsp3) is 0.100. The summed E-state index contributed by atoms with van der Waals surface area (Å²) in [6, 6.07) is 15.0. The van der Waals surface area contributed by atoms with E-state index in [0.717, 1.165) is 26.6 Å². The van der Waals surface area contributed by atoms with E-state index in [1.165, 1.54) is 0 Å². The van der Waals surface area contributed by atoms with Gasteiger partial charge in [-0.3, -0.25) is 4.79 Å². The Morgan fingerprint density at radius 1 is 1.28 bits per heavy atom. The van der Waals surface area contributed by atoms with Crippen LogP contribution in [0.2, 0.25) is 0 Å². The average Bonchev–Trinajstić information content (AvgIpc) is 2.95. The van der Waals surface area contributed by atoms with Crippen molar-refractivity contribution < 1.29 is 9.53 Å². The Morgan fingerprint density at radius 3 is 2.72 bits per heavy atom. The second-order valence-electron chi connectivity index (χ2n) is 5.56. The Bertz CT molecular complexity index is 1040. The fourth-order valence-corrected chi connectivity index (χ4v) is 3.35. The van der Waals surface area contributed by atoms with Crippen LogP contribution in [0.25, 0.3) is 17.0 Å². The Kier molecular flexibility index (Phi) is 4.73. The lowest BCUT2D eigenvalue weighted by Crippen LogP contribution is -2.03. The molecular formula is C20H15BrN2O2. The second-order valence-corrected chi connectivity index (χ2v) is 6.42. The van der Waals surface area contributed by atoms with Crippen LogP contribution in [0.1, 0.15) is 21.6 Å². The van der Waals surface area contributed by atoms with Crippen LogP contribution in [-0.2, 0) is 0 Å². The van der Waals surface area contributed by atoms with Gasteiger partial charge in [-0.15, -0.1) is 0 Å². The third-order valence-corrected chi connectivity index (χ3v) is 4.59. The molecule has 3 rings (SSSR count). The number of aromatic nitrogens is 1. The normalized spacial score (nSPS) is 11.4. The third-order valence-electron chi connectivity index (χ3n) is 3.97. The van der Waals surface area contributed by atoms with E-state index < -0.39 is 0 Å². The first kappa shape index (κ1) is 17.0. The van der Waals surface area contributed by atoms with Gasteiger partial charge in [0.25, 0.3) is 0 Å². The van der Waals surface area contributed by atoms with E-state index >= 15 is 0 Å². The number of H-pyrrole nitrogens is 1. The van der Waals surface area contributed by atoms with E-state index in [4.69, 9.17) is 4.74 Å². The summed E-state index contributed by atoms with van der Waals surface area (Å²) in [4.78, 5) is 16.1. The van der Waals surface area contributed by atoms with Gasteiger partial charge in [-0.1, -0.05) is 24.3 Å². The fourth-order valence-electron chi connectivity index (χ4n) is 2.79. The number of carbonyl (C=O) groups excluding carboxylic acids is 1. The van der Waals surface area contributed by atoms with Crippen LogP contribution in [0, 0.1) is 18.3 Å². The predicted octanol–water partition coefficient (Wildman–Crippen LogP) is 5.04. The van der Waals surface area contributed by atoms with Crippen molar-refractivity contribution in [2.45, 2.75) is 6.92 Å². The summed E-state index contributed by atoms with van der Waals surface area (Å²) in [5, 5.41) is 10.3. The van der Waals surface area contributed by atoms with Gasteiger partial charge in [0, 0.05) is 16.6 Å². The average molecular weight is 395 g/mol. The van der Waals surface area contributed by atoms with Crippen molar-refractivity contribution >= 4 is 38.7 Å². The van der Waals surface area contributed by atoms with Crippen LogP contribution in [-0.4, -0.2) is 17.9 Å². The van der Waals surface area contributed by atoms with Gasteiger partial charge >= 0.3 is 0 Å². The molecule has 1 aromatic heterocycles. The van der Waals surface area contributed by atoms with Crippen molar-refractivity contribution in [1.29, 1.82) is 5.26 Å². The maximum Gasteiger partial charge on any atom is 0.205 e. The molecule has 0 aliphatic heterocycles.